The first-order valence-corrected chi connectivity index (χ1v) is 5.95. The predicted molar refractivity (Wildman–Crippen MR) is 66.2 cm³/mol. The Balaban J connectivity index is 2.26. The lowest BCUT2D eigenvalue weighted by atomic mass is 10.1. The van der Waals surface area contributed by atoms with Gasteiger partial charge < -0.3 is 10.1 Å². The van der Waals surface area contributed by atoms with Crippen LogP contribution in [0, 0.1) is 5.92 Å². The fraction of sp³-hybridized carbons (Fsp3) is 0.636. The van der Waals surface area contributed by atoms with Crippen molar-refractivity contribution in [3.63, 3.8) is 0 Å². The average molecular weight is 244 g/mol. The standard InChI is InChI=1S/C11H18ClN3O/c1-9(6-12)4-3-5-14-10-7-13-8-11(15-10)16-2/h7-9H,3-6H2,1-2H3,(H,14,15). The molecule has 0 saturated heterocycles. The van der Waals surface area contributed by atoms with Crippen LogP contribution >= 0.6 is 11.6 Å². The molecule has 90 valence electrons. The first kappa shape index (κ1) is 13.0. The maximum absolute atomic E-state index is 5.73. The largest absolute Gasteiger partial charge is 0.480 e. The second kappa shape index (κ2) is 7.28. The third-order valence-corrected chi connectivity index (χ3v) is 2.79. The number of methoxy groups -OCH3 is 1. The van der Waals surface area contributed by atoms with E-state index in [1.165, 1.54) is 0 Å². The van der Waals surface area contributed by atoms with Crippen molar-refractivity contribution < 1.29 is 4.74 Å². The lowest BCUT2D eigenvalue weighted by Crippen LogP contribution is -2.06. The van der Waals surface area contributed by atoms with Crippen LogP contribution in [0.4, 0.5) is 5.82 Å². The van der Waals surface area contributed by atoms with Gasteiger partial charge in [0.2, 0.25) is 5.88 Å². The van der Waals surface area contributed by atoms with Gasteiger partial charge in [-0.15, -0.1) is 11.6 Å². The minimum Gasteiger partial charge on any atom is -0.480 e. The van der Waals surface area contributed by atoms with E-state index >= 15 is 0 Å². The van der Waals surface area contributed by atoms with E-state index in [9.17, 15) is 0 Å². The van der Waals surface area contributed by atoms with Crippen LogP contribution in [0.5, 0.6) is 5.88 Å². The van der Waals surface area contributed by atoms with Gasteiger partial charge in [0, 0.05) is 12.4 Å². The summed E-state index contributed by atoms with van der Waals surface area (Å²) in [6, 6.07) is 0. The predicted octanol–water partition coefficient (Wildman–Crippen LogP) is 2.55. The summed E-state index contributed by atoms with van der Waals surface area (Å²) in [4.78, 5) is 8.22. The zero-order chi connectivity index (χ0) is 11.8. The molecule has 0 aliphatic carbocycles. The van der Waals surface area contributed by atoms with Crippen LogP contribution in [-0.4, -0.2) is 29.5 Å². The van der Waals surface area contributed by atoms with Crippen molar-refractivity contribution in [1.82, 2.24) is 9.97 Å². The molecule has 1 atom stereocenters. The molecule has 5 heteroatoms. The molecule has 0 aliphatic heterocycles. The van der Waals surface area contributed by atoms with Crippen LogP contribution in [0.15, 0.2) is 12.4 Å². The second-order valence-electron chi connectivity index (χ2n) is 3.78. The molecule has 1 unspecified atom stereocenters. The van der Waals surface area contributed by atoms with Gasteiger partial charge in [-0.25, -0.2) is 0 Å². The van der Waals surface area contributed by atoms with Crippen LogP contribution in [-0.2, 0) is 0 Å². The van der Waals surface area contributed by atoms with E-state index in [2.05, 4.69) is 22.2 Å². The molecule has 0 spiro atoms. The Morgan fingerprint density at radius 1 is 1.50 bits per heavy atom. The molecule has 1 heterocycles. The molecule has 1 aromatic rings. The second-order valence-corrected chi connectivity index (χ2v) is 4.08. The van der Waals surface area contributed by atoms with Crippen molar-refractivity contribution in [2.24, 2.45) is 5.92 Å². The fourth-order valence-corrected chi connectivity index (χ4v) is 1.43. The van der Waals surface area contributed by atoms with Crippen molar-refractivity contribution in [3.05, 3.63) is 12.4 Å². The van der Waals surface area contributed by atoms with Gasteiger partial charge in [0.25, 0.3) is 0 Å². The number of alkyl halides is 1. The van der Waals surface area contributed by atoms with Gasteiger partial charge in [0.05, 0.1) is 19.5 Å². The Labute approximate surface area is 101 Å². The minimum absolute atomic E-state index is 0.527. The van der Waals surface area contributed by atoms with Gasteiger partial charge in [-0.05, 0) is 18.8 Å². The highest BCUT2D eigenvalue weighted by molar-refractivity contribution is 6.18. The van der Waals surface area contributed by atoms with Crippen LogP contribution in [0.2, 0.25) is 0 Å². The van der Waals surface area contributed by atoms with Crippen LogP contribution in [0.1, 0.15) is 19.8 Å². The molecule has 0 saturated carbocycles. The van der Waals surface area contributed by atoms with Crippen LogP contribution < -0.4 is 10.1 Å². The summed E-state index contributed by atoms with van der Waals surface area (Å²) < 4.78 is 4.99. The number of hydrogen-bond acceptors (Lipinski definition) is 4. The molecule has 0 aliphatic rings. The smallest absolute Gasteiger partial charge is 0.233 e. The normalized spacial score (nSPS) is 12.2. The summed E-state index contributed by atoms with van der Waals surface area (Å²) in [5, 5.41) is 3.20. The first-order chi connectivity index (χ1) is 7.76. The topological polar surface area (TPSA) is 47.0 Å². The molecular weight excluding hydrogens is 226 g/mol. The highest BCUT2D eigenvalue weighted by Gasteiger charge is 2.00. The summed E-state index contributed by atoms with van der Waals surface area (Å²) in [5.74, 6) is 2.57. The van der Waals surface area contributed by atoms with E-state index in [-0.39, 0.29) is 0 Å². The Bertz CT molecular complexity index is 309. The summed E-state index contributed by atoms with van der Waals surface area (Å²) in [7, 11) is 1.58. The molecule has 0 radical (unpaired) electrons. The number of aromatic nitrogens is 2. The van der Waals surface area contributed by atoms with Gasteiger partial charge in [0.1, 0.15) is 5.82 Å². The first-order valence-electron chi connectivity index (χ1n) is 5.42. The minimum atomic E-state index is 0.527. The fourth-order valence-electron chi connectivity index (χ4n) is 1.28. The molecule has 16 heavy (non-hydrogen) atoms. The van der Waals surface area contributed by atoms with E-state index in [0.717, 1.165) is 31.1 Å². The number of nitrogens with zero attached hydrogens (tertiary/aromatic N) is 2. The number of ether oxygens (including phenoxy) is 1. The van der Waals surface area contributed by atoms with Gasteiger partial charge in [-0.3, -0.25) is 4.98 Å². The highest BCUT2D eigenvalue weighted by Crippen LogP contribution is 2.10. The summed E-state index contributed by atoms with van der Waals surface area (Å²) in [6.45, 7) is 3.03. The lowest BCUT2D eigenvalue weighted by Gasteiger charge is -2.08. The molecule has 4 nitrogen and oxygen atoms in total. The molecule has 1 aromatic heterocycles. The maximum atomic E-state index is 5.73. The molecule has 1 rings (SSSR count). The average Bonchev–Trinajstić information content (AvgIpc) is 2.34. The maximum Gasteiger partial charge on any atom is 0.233 e. The van der Waals surface area contributed by atoms with Crippen LogP contribution in [0.3, 0.4) is 0 Å². The molecule has 0 amide bonds. The highest BCUT2D eigenvalue weighted by atomic mass is 35.5. The van der Waals surface area contributed by atoms with Crippen molar-refractivity contribution in [2.45, 2.75) is 19.8 Å². The zero-order valence-electron chi connectivity index (χ0n) is 9.74. The van der Waals surface area contributed by atoms with Crippen LogP contribution in [0.25, 0.3) is 0 Å². The van der Waals surface area contributed by atoms with Crippen molar-refractivity contribution >= 4 is 17.4 Å². The lowest BCUT2D eigenvalue weighted by molar-refractivity contribution is 0.396. The number of halogens is 1. The quantitative estimate of drug-likeness (QED) is 0.591. The van der Waals surface area contributed by atoms with Gasteiger partial charge in [-0.2, -0.15) is 4.98 Å². The van der Waals surface area contributed by atoms with Crippen molar-refractivity contribution in [2.75, 3.05) is 24.9 Å². The monoisotopic (exact) mass is 243 g/mol. The molecule has 1 N–H and O–H groups in total. The van der Waals surface area contributed by atoms with Gasteiger partial charge in [0.15, 0.2) is 0 Å². The number of anilines is 1. The summed E-state index contributed by atoms with van der Waals surface area (Å²) >= 11 is 5.73. The third-order valence-electron chi connectivity index (χ3n) is 2.26. The van der Waals surface area contributed by atoms with Gasteiger partial charge in [-0.1, -0.05) is 6.92 Å². The number of nitrogens with one attached hydrogen (secondary N) is 1. The number of rotatable bonds is 7. The molecular formula is C11H18ClN3O. The Morgan fingerprint density at radius 2 is 2.31 bits per heavy atom. The molecule has 0 fully saturated rings. The Kier molecular flexibility index (Phi) is 5.93. The van der Waals surface area contributed by atoms with Crippen molar-refractivity contribution in [1.29, 1.82) is 0 Å². The Hall–Kier alpha value is -1.03. The van der Waals surface area contributed by atoms with E-state index in [1.54, 1.807) is 19.5 Å². The summed E-state index contributed by atoms with van der Waals surface area (Å²) in [6.07, 6.45) is 5.47. The van der Waals surface area contributed by atoms with E-state index in [4.69, 9.17) is 16.3 Å². The SMILES string of the molecule is COc1cncc(NCCCC(C)CCl)n1. The zero-order valence-corrected chi connectivity index (χ0v) is 10.5. The number of hydrogen-bond donors (Lipinski definition) is 1. The van der Waals surface area contributed by atoms with Gasteiger partial charge >= 0.3 is 0 Å². The van der Waals surface area contributed by atoms with Crippen molar-refractivity contribution in [3.8, 4) is 5.88 Å². The molecule has 0 bridgehead atoms. The van der Waals surface area contributed by atoms with E-state index < -0.39 is 0 Å². The summed E-state index contributed by atoms with van der Waals surface area (Å²) in [5.41, 5.74) is 0. The third kappa shape index (κ3) is 4.66. The van der Waals surface area contributed by atoms with E-state index in [1.807, 2.05) is 0 Å². The Morgan fingerprint density at radius 3 is 3.00 bits per heavy atom. The van der Waals surface area contributed by atoms with E-state index in [0.29, 0.717) is 11.8 Å². The molecule has 0 aromatic carbocycles.